The number of hydrogen-bond donors (Lipinski definition) is 0. The Labute approximate surface area is 70.3 Å². The Morgan fingerprint density at radius 3 is 1.82 bits per heavy atom. The third-order valence-corrected chi connectivity index (χ3v) is 2.04. The Morgan fingerprint density at radius 2 is 1.73 bits per heavy atom. The number of nitrogens with zero attached hydrogens (tertiary/aromatic N) is 2. The van der Waals surface area contributed by atoms with Crippen LogP contribution in [0.15, 0.2) is 4.99 Å². The van der Waals surface area contributed by atoms with E-state index in [1.807, 2.05) is 7.05 Å². The molecule has 0 spiro atoms. The van der Waals surface area contributed by atoms with Gasteiger partial charge in [-0.3, -0.25) is 4.99 Å². The third kappa shape index (κ3) is 2.91. The maximum Gasteiger partial charge on any atom is 0.101 e. The first-order chi connectivity index (χ1) is 5.17. The van der Waals surface area contributed by atoms with Gasteiger partial charge in [-0.25, -0.2) is 0 Å². The lowest BCUT2D eigenvalue weighted by molar-refractivity contribution is 0.521. The standard InChI is InChI=1S/C9H20N2/c1-6-8(7-2)9(10-3)11(4)5/h8H,6-7H2,1-5H3. The molecule has 0 unspecified atom stereocenters. The number of hydrogen-bond acceptors (Lipinski definition) is 1. The zero-order chi connectivity index (χ0) is 8.85. The van der Waals surface area contributed by atoms with E-state index < -0.39 is 0 Å². The van der Waals surface area contributed by atoms with Gasteiger partial charge in [0, 0.05) is 27.1 Å². The maximum absolute atomic E-state index is 4.27. The van der Waals surface area contributed by atoms with Gasteiger partial charge in [0.2, 0.25) is 0 Å². The van der Waals surface area contributed by atoms with E-state index in [2.05, 4.69) is 37.8 Å². The molecule has 0 rings (SSSR count). The van der Waals surface area contributed by atoms with Gasteiger partial charge in [-0.1, -0.05) is 13.8 Å². The van der Waals surface area contributed by atoms with Gasteiger partial charge in [-0.2, -0.15) is 0 Å². The summed E-state index contributed by atoms with van der Waals surface area (Å²) in [6.45, 7) is 4.42. The summed E-state index contributed by atoms with van der Waals surface area (Å²) in [6, 6.07) is 0. The van der Waals surface area contributed by atoms with Crippen molar-refractivity contribution >= 4 is 5.84 Å². The third-order valence-electron chi connectivity index (χ3n) is 2.04. The van der Waals surface area contributed by atoms with Crippen LogP contribution in [-0.4, -0.2) is 31.9 Å². The zero-order valence-electron chi connectivity index (χ0n) is 8.39. The molecule has 0 aliphatic carbocycles. The molecular formula is C9H20N2. The summed E-state index contributed by atoms with van der Waals surface area (Å²) in [7, 11) is 5.98. The highest BCUT2D eigenvalue weighted by atomic mass is 15.1. The highest BCUT2D eigenvalue weighted by Gasteiger charge is 2.12. The van der Waals surface area contributed by atoms with E-state index in [-0.39, 0.29) is 0 Å². The van der Waals surface area contributed by atoms with Gasteiger partial charge in [-0.05, 0) is 12.8 Å². The van der Waals surface area contributed by atoms with Crippen LogP contribution in [0.3, 0.4) is 0 Å². The summed E-state index contributed by atoms with van der Waals surface area (Å²) in [5.74, 6) is 1.85. The minimum atomic E-state index is 0.634. The van der Waals surface area contributed by atoms with Crippen molar-refractivity contribution in [2.24, 2.45) is 10.9 Å². The maximum atomic E-state index is 4.27. The largest absolute Gasteiger partial charge is 0.366 e. The fourth-order valence-corrected chi connectivity index (χ4v) is 1.40. The Morgan fingerprint density at radius 1 is 1.27 bits per heavy atom. The van der Waals surface area contributed by atoms with Crippen LogP contribution in [0.4, 0.5) is 0 Å². The normalized spacial score (nSPS) is 12.4. The van der Waals surface area contributed by atoms with Gasteiger partial charge in [0.25, 0.3) is 0 Å². The van der Waals surface area contributed by atoms with E-state index in [1.165, 1.54) is 18.7 Å². The van der Waals surface area contributed by atoms with Crippen LogP contribution >= 0.6 is 0 Å². The van der Waals surface area contributed by atoms with Crippen molar-refractivity contribution in [3.8, 4) is 0 Å². The van der Waals surface area contributed by atoms with Crippen molar-refractivity contribution in [1.82, 2.24) is 4.90 Å². The summed E-state index contributed by atoms with van der Waals surface area (Å²) in [4.78, 5) is 6.38. The molecule has 0 aliphatic heterocycles. The molecule has 0 amide bonds. The summed E-state index contributed by atoms with van der Waals surface area (Å²) >= 11 is 0. The van der Waals surface area contributed by atoms with Gasteiger partial charge in [0.05, 0.1) is 0 Å². The highest BCUT2D eigenvalue weighted by molar-refractivity contribution is 5.84. The highest BCUT2D eigenvalue weighted by Crippen LogP contribution is 2.11. The van der Waals surface area contributed by atoms with Crippen LogP contribution in [0.25, 0.3) is 0 Å². The van der Waals surface area contributed by atoms with E-state index in [0.717, 1.165) is 0 Å². The Kier molecular flexibility index (Phi) is 4.92. The number of amidine groups is 1. The first-order valence-electron chi connectivity index (χ1n) is 4.31. The van der Waals surface area contributed by atoms with Crippen molar-refractivity contribution in [3.05, 3.63) is 0 Å². The zero-order valence-corrected chi connectivity index (χ0v) is 8.39. The van der Waals surface area contributed by atoms with E-state index >= 15 is 0 Å². The van der Waals surface area contributed by atoms with Crippen molar-refractivity contribution in [2.45, 2.75) is 26.7 Å². The molecule has 0 aromatic rings. The Bertz CT molecular complexity index is 124. The predicted octanol–water partition coefficient (Wildman–Crippen LogP) is 2.01. The quantitative estimate of drug-likeness (QED) is 0.451. The average Bonchev–Trinajstić information content (AvgIpc) is 1.99. The lowest BCUT2D eigenvalue weighted by Gasteiger charge is -2.22. The van der Waals surface area contributed by atoms with Gasteiger partial charge in [0.1, 0.15) is 5.84 Å². The van der Waals surface area contributed by atoms with Crippen molar-refractivity contribution < 1.29 is 0 Å². The van der Waals surface area contributed by atoms with Crippen LogP contribution in [0.2, 0.25) is 0 Å². The first kappa shape index (κ1) is 10.5. The molecular weight excluding hydrogens is 136 g/mol. The lowest BCUT2D eigenvalue weighted by Crippen LogP contribution is -2.29. The second-order valence-electron chi connectivity index (χ2n) is 2.99. The van der Waals surface area contributed by atoms with E-state index in [9.17, 15) is 0 Å². The molecule has 0 fully saturated rings. The fourth-order valence-electron chi connectivity index (χ4n) is 1.40. The van der Waals surface area contributed by atoms with Gasteiger partial charge in [-0.15, -0.1) is 0 Å². The molecule has 0 atom stereocenters. The molecule has 2 nitrogen and oxygen atoms in total. The Hall–Kier alpha value is -0.530. The SMILES string of the molecule is CCC(CC)C(=NC)N(C)C. The molecule has 11 heavy (non-hydrogen) atoms. The monoisotopic (exact) mass is 156 g/mol. The Balaban J connectivity index is 4.23. The van der Waals surface area contributed by atoms with Crippen LogP contribution in [0.5, 0.6) is 0 Å². The molecule has 0 radical (unpaired) electrons. The van der Waals surface area contributed by atoms with Gasteiger partial charge in [0.15, 0.2) is 0 Å². The molecule has 66 valence electrons. The van der Waals surface area contributed by atoms with Gasteiger partial charge >= 0.3 is 0 Å². The predicted molar refractivity (Wildman–Crippen MR) is 51.1 cm³/mol. The van der Waals surface area contributed by atoms with Gasteiger partial charge < -0.3 is 4.90 Å². The minimum absolute atomic E-state index is 0.634. The second-order valence-corrected chi connectivity index (χ2v) is 2.99. The topological polar surface area (TPSA) is 15.6 Å². The fraction of sp³-hybridized carbons (Fsp3) is 0.889. The molecule has 0 saturated carbocycles. The summed E-state index contributed by atoms with van der Waals surface area (Å²) in [6.07, 6.45) is 2.36. The molecule has 0 bridgehead atoms. The van der Waals surface area contributed by atoms with Crippen LogP contribution < -0.4 is 0 Å². The van der Waals surface area contributed by atoms with Crippen LogP contribution in [0.1, 0.15) is 26.7 Å². The van der Waals surface area contributed by atoms with E-state index in [0.29, 0.717) is 5.92 Å². The smallest absolute Gasteiger partial charge is 0.101 e. The first-order valence-corrected chi connectivity index (χ1v) is 4.31. The lowest BCUT2D eigenvalue weighted by atomic mass is 10.0. The molecule has 0 N–H and O–H groups in total. The molecule has 0 aromatic carbocycles. The average molecular weight is 156 g/mol. The van der Waals surface area contributed by atoms with Crippen LogP contribution in [-0.2, 0) is 0 Å². The molecule has 0 aliphatic rings. The molecule has 0 saturated heterocycles. The van der Waals surface area contributed by atoms with Crippen molar-refractivity contribution in [2.75, 3.05) is 21.1 Å². The second kappa shape index (κ2) is 5.16. The number of rotatable bonds is 3. The van der Waals surface area contributed by atoms with E-state index in [4.69, 9.17) is 0 Å². The number of aliphatic imine (C=N–C) groups is 1. The van der Waals surface area contributed by atoms with Crippen LogP contribution in [0, 0.1) is 5.92 Å². The van der Waals surface area contributed by atoms with Crippen molar-refractivity contribution in [3.63, 3.8) is 0 Å². The van der Waals surface area contributed by atoms with Crippen molar-refractivity contribution in [1.29, 1.82) is 0 Å². The van der Waals surface area contributed by atoms with E-state index in [1.54, 1.807) is 0 Å². The minimum Gasteiger partial charge on any atom is -0.366 e. The summed E-state index contributed by atoms with van der Waals surface area (Å²) in [5.41, 5.74) is 0. The molecule has 2 heteroatoms. The summed E-state index contributed by atoms with van der Waals surface area (Å²) in [5, 5.41) is 0. The molecule has 0 heterocycles. The summed E-state index contributed by atoms with van der Waals surface area (Å²) < 4.78 is 0. The molecule has 0 aromatic heterocycles.